The van der Waals surface area contributed by atoms with Crippen LogP contribution in [-0.4, -0.2) is 195 Å². The number of aromatic nitrogens is 2. The Balaban J connectivity index is 0.000000239. The first-order valence-electron chi connectivity index (χ1n) is 38.1. The number of nitrogens with zero attached hydrogens (tertiary/aromatic N) is 6. The molecular weight excluding hydrogens is 1960 g/mol. The van der Waals surface area contributed by atoms with Gasteiger partial charge in [-0.15, -0.1) is 23.5 Å². The quantitative estimate of drug-likeness (QED) is 0.00778. The fourth-order valence-corrected chi connectivity index (χ4v) is 15.2. The summed E-state index contributed by atoms with van der Waals surface area (Å²) in [6, 6.07) is 35.0. The van der Waals surface area contributed by atoms with E-state index in [1.54, 1.807) is 132 Å². The number of Topliss-reactive ketones (excluding diaryl/α,β-unsaturated/α-hetero) is 4. The van der Waals surface area contributed by atoms with Gasteiger partial charge in [-0.3, -0.25) is 48.6 Å². The molecule has 39 heteroatoms. The topological polar surface area (TPSA) is 314 Å². The number of pyridine rings is 2. The highest BCUT2D eigenvalue weighted by atomic mass is 80.9. The Labute approximate surface area is 771 Å². The van der Waals surface area contributed by atoms with Crippen molar-refractivity contribution in [3.8, 4) is 28.7 Å². The summed E-state index contributed by atoms with van der Waals surface area (Å²) in [5, 5.41) is 25.8. The van der Waals surface area contributed by atoms with Crippen molar-refractivity contribution in [2.45, 2.75) is 88.6 Å². The fourth-order valence-electron chi connectivity index (χ4n) is 11.7. The van der Waals surface area contributed by atoms with Gasteiger partial charge in [0.25, 0.3) is 24.2 Å². The van der Waals surface area contributed by atoms with Crippen LogP contribution >= 0.6 is 114 Å². The lowest BCUT2D eigenvalue weighted by atomic mass is 10.0. The second-order valence-electron chi connectivity index (χ2n) is 28.6. The van der Waals surface area contributed by atoms with Gasteiger partial charge in [0.2, 0.25) is 0 Å². The lowest BCUT2D eigenvalue weighted by Gasteiger charge is -2.26. The third-order valence-corrected chi connectivity index (χ3v) is 22.6. The van der Waals surface area contributed by atoms with Crippen LogP contribution in [0.4, 0.5) is 17.6 Å². The second-order valence-corrected chi connectivity index (χ2v) is 33.2. The van der Waals surface area contributed by atoms with Crippen LogP contribution < -0.4 is 38.5 Å². The molecule has 1 N–H and O–H groups in total. The minimum absolute atomic E-state index is 0.0246. The molecule has 4 fully saturated rings. The van der Waals surface area contributed by atoms with Crippen molar-refractivity contribution < 1.29 is 108 Å². The molecule has 0 radical (unpaired) electrons. The molecule has 6 aromatic carbocycles. The number of ether oxygens (including phenoxy) is 7. The molecule has 2 aliphatic heterocycles. The summed E-state index contributed by atoms with van der Waals surface area (Å²) in [6.45, 7) is -1.15. The number of alkyl halides is 5. The summed E-state index contributed by atoms with van der Waals surface area (Å²) in [5.41, 5.74) is 5.04. The van der Waals surface area contributed by atoms with Crippen LogP contribution in [0.25, 0.3) is 0 Å². The predicted molar refractivity (Wildman–Crippen MR) is 477 cm³/mol. The zero-order chi connectivity index (χ0) is 91.9. The Morgan fingerprint density at radius 3 is 1.30 bits per heavy atom. The average molecular weight is 2050 g/mol. The molecule has 4 aliphatic rings. The molecular formula is C86H88Br3Cl4F4N7O19S2. The largest absolute Gasteiger partial charge is 0.619 e. The third-order valence-electron chi connectivity index (χ3n) is 18.5. The van der Waals surface area contributed by atoms with Crippen LogP contribution in [0.3, 0.4) is 0 Å². The molecule has 125 heavy (non-hydrogen) atoms. The Morgan fingerprint density at radius 1 is 0.528 bits per heavy atom. The van der Waals surface area contributed by atoms with Crippen LogP contribution in [0.1, 0.15) is 146 Å². The molecule has 0 spiro atoms. The van der Waals surface area contributed by atoms with Gasteiger partial charge in [0.05, 0.1) is 25.1 Å². The smallest absolute Gasteiger partial charge is 0.387 e. The highest BCUT2D eigenvalue weighted by molar-refractivity contribution is 9.93. The van der Waals surface area contributed by atoms with Gasteiger partial charge < -0.3 is 58.3 Å². The lowest BCUT2D eigenvalue weighted by Crippen LogP contribution is -2.39. The minimum atomic E-state index is -3.09. The summed E-state index contributed by atoms with van der Waals surface area (Å²) < 4.78 is 90.5. The molecule has 0 bridgehead atoms. The molecule has 2 aromatic heterocycles. The van der Waals surface area contributed by atoms with Crippen LogP contribution in [0.5, 0.6) is 28.7 Å². The molecule has 2 aliphatic carbocycles. The van der Waals surface area contributed by atoms with Gasteiger partial charge in [-0.05, 0) is 135 Å². The number of amides is 3. The summed E-state index contributed by atoms with van der Waals surface area (Å²) >= 11 is 36.6. The van der Waals surface area contributed by atoms with Crippen molar-refractivity contribution in [3.05, 3.63) is 250 Å². The van der Waals surface area contributed by atoms with Gasteiger partial charge in [-0.2, -0.15) is 27.0 Å². The zero-order valence-corrected chi connectivity index (χ0v) is 77.9. The average Bonchev–Trinajstić information content (AvgIpc) is 1.79. The number of halogens is 11. The van der Waals surface area contributed by atoms with Gasteiger partial charge in [0, 0.05) is 158 Å². The number of nitrogens with one attached hydrogen (secondary N) is 1. The van der Waals surface area contributed by atoms with E-state index in [0.717, 1.165) is 56.2 Å². The number of carbonyl (C=O) groups is 10. The fraction of sp³-hybridized carbons (Fsp3) is 0.349. The Kier molecular flexibility index (Phi) is 42.0. The predicted octanol–water partition coefficient (Wildman–Crippen LogP) is 17.0. The first kappa shape index (κ1) is 103. The van der Waals surface area contributed by atoms with E-state index in [4.69, 9.17) is 65.4 Å². The molecule has 3 amide bonds. The number of hydrogen-bond acceptors (Lipinski definition) is 23. The first-order valence-corrected chi connectivity index (χ1v) is 46.6. The van der Waals surface area contributed by atoms with Crippen LogP contribution in [0.2, 0.25) is 20.1 Å². The molecule has 4 heterocycles. The van der Waals surface area contributed by atoms with E-state index in [-0.39, 0.29) is 109 Å². The second kappa shape index (κ2) is 51.0. The van der Waals surface area contributed by atoms with Gasteiger partial charge in [0.15, 0.2) is 81.7 Å². The van der Waals surface area contributed by atoms with Gasteiger partial charge in [-0.1, -0.05) is 123 Å². The van der Waals surface area contributed by atoms with Gasteiger partial charge in [-0.25, -0.2) is 9.59 Å². The SMILES string of the molecule is BrBr.CC(=O)c1cccc(C(=O)N(C)C)c1.CC(=O)c1cccc(OC=O)c1.CN(C)C(=O)c1cccc(C(=O)CBr)c1.CN(C)C(=O)c1cccc(C(=O)CN2CCSC2C(=O)O[C@@H](Cc2c(Cl)c[n+]([O-])cc2Cl)c2ccc(OC(F)F)c(OCC3CC3)c2)c1.O=C(O[C@@H](Cc1c(Cl)c[n+]([O-])cc1Cl)c1ccc(OC(F)F)c(OCC2CC2)c1)[C@H]1NCCS1. The summed E-state index contributed by atoms with van der Waals surface area (Å²) in [6.07, 6.45) is 6.56. The van der Waals surface area contributed by atoms with E-state index in [1.807, 2.05) is 0 Å². The normalized spacial score (nSPS) is 14.7. The monoisotopic (exact) mass is 2040 g/mol. The van der Waals surface area contributed by atoms with Gasteiger partial charge in [0.1, 0.15) is 38.0 Å². The number of esters is 2. The number of thioether (sulfide) groups is 2. The first-order chi connectivity index (χ1) is 59.5. The highest BCUT2D eigenvalue weighted by Crippen LogP contribution is 2.42. The Morgan fingerprint density at radius 2 is 0.920 bits per heavy atom. The van der Waals surface area contributed by atoms with E-state index in [0.29, 0.717) is 127 Å². The standard InChI is InChI=1S/C33H33Cl2F2N3O7S.C22H22Cl2F2N2O5S.C11H12BrNO2.C11H13NO2.C9H8O3.Br2/c1-38(2)30(42)22-5-3-4-20(12-22)26(41)17-39-10-11-48-31(39)32(43)46-28(14-23-24(34)15-40(44)16-25(23)35)21-8-9-27(47-33(36)37)29(13-21)45-18-19-6-7-19;23-15-9-28(30)10-16(24)14(15)8-18(32-21(29)20-27-5-6-34-20)13-3-4-17(33-22(25)26)19(7-13)31-11-12-1-2-12;1-13(2)11(15)9-5-3-4-8(6-9)10(14)7-12;1-8(13)9-5-4-6-10(7-9)11(14)12(2)3;1-7(11)8-3-2-4-9(5-8)12-6-10;1-2/h3-5,8-9,12-13,15-16,19,28,31,33H,6-7,10-11,14,17-18H2,1-2H3;3-4,7,9-10,12,18,20,22,27H,1-2,5-6,8,11H2;3-6H,7H2,1-2H3;4-7H,1-3H3;2-6H,1H3;/t28-,31?;18-,20-;;;;/m00..../s1. The third kappa shape index (κ3) is 32.9. The number of carbonyl (C=O) groups excluding carboxylic acids is 10. The highest BCUT2D eigenvalue weighted by Gasteiger charge is 2.38. The van der Waals surface area contributed by atoms with Crippen molar-refractivity contribution >= 4 is 173 Å². The van der Waals surface area contributed by atoms with E-state index < -0.39 is 48.1 Å². The minimum Gasteiger partial charge on any atom is -0.619 e. The summed E-state index contributed by atoms with van der Waals surface area (Å²) in [5.74, 6) is 0.350. The van der Waals surface area contributed by atoms with Crippen molar-refractivity contribution in [1.82, 2.24) is 24.9 Å². The molecule has 2 saturated carbocycles. The van der Waals surface area contributed by atoms with Crippen LogP contribution in [-0.2, 0) is 36.7 Å². The maximum absolute atomic E-state index is 13.8. The molecule has 4 atom stereocenters. The van der Waals surface area contributed by atoms with Crippen molar-refractivity contribution in [2.75, 3.05) is 92.0 Å². The molecule has 26 nitrogen and oxygen atoms in total. The summed E-state index contributed by atoms with van der Waals surface area (Å²) in [4.78, 5) is 125. The van der Waals surface area contributed by atoms with E-state index >= 15 is 0 Å². The number of ketones is 4. The number of benzene rings is 6. The number of hydrogen-bond donors (Lipinski definition) is 1. The maximum atomic E-state index is 13.8. The molecule has 8 aromatic rings. The zero-order valence-electron chi connectivity index (χ0n) is 68.5. The Bertz CT molecular complexity index is 5060. The maximum Gasteiger partial charge on any atom is 0.387 e. The van der Waals surface area contributed by atoms with E-state index in [9.17, 15) is 75.9 Å². The van der Waals surface area contributed by atoms with E-state index in [2.05, 4.69) is 63.7 Å². The molecule has 670 valence electrons. The van der Waals surface area contributed by atoms with Crippen molar-refractivity contribution in [1.29, 1.82) is 0 Å². The Hall–Kier alpha value is -9.14. The summed E-state index contributed by atoms with van der Waals surface area (Å²) in [7, 11) is 9.97. The van der Waals surface area contributed by atoms with Crippen LogP contribution in [0, 0.1) is 22.3 Å². The number of rotatable bonds is 32. The van der Waals surface area contributed by atoms with E-state index in [1.165, 1.54) is 101 Å². The molecule has 2 saturated heterocycles. The lowest BCUT2D eigenvalue weighted by molar-refractivity contribution is -0.605. The molecule has 12 rings (SSSR count). The van der Waals surface area contributed by atoms with Gasteiger partial charge >= 0.3 is 25.2 Å². The molecule has 1 unspecified atom stereocenters. The van der Waals surface area contributed by atoms with Crippen molar-refractivity contribution in [2.24, 2.45) is 11.8 Å². The van der Waals surface area contributed by atoms with Crippen molar-refractivity contribution in [3.63, 3.8) is 0 Å². The van der Waals surface area contributed by atoms with Crippen LogP contribution in [0.15, 0.2) is 158 Å².